The number of esters is 1. The van der Waals surface area contributed by atoms with Crippen molar-refractivity contribution in [2.75, 3.05) is 39.5 Å². The summed E-state index contributed by atoms with van der Waals surface area (Å²) in [7, 11) is 6.51. The number of quaternary nitrogens is 1. The molecule has 0 radical (unpaired) electrons. The third kappa shape index (κ3) is 5.51. The molecule has 0 aliphatic heterocycles. The minimum atomic E-state index is -1.20. The second-order valence-electron chi connectivity index (χ2n) is 9.62. The molecular weight excluding hydrogens is 436 g/mol. The fourth-order valence-electron chi connectivity index (χ4n) is 4.15. The van der Waals surface area contributed by atoms with Crippen molar-refractivity contribution >= 4 is 39.1 Å². The minimum Gasteiger partial charge on any atom is -0.448 e. The van der Waals surface area contributed by atoms with Gasteiger partial charge in [-0.05, 0) is 29.3 Å². The molecule has 0 spiro atoms. The van der Waals surface area contributed by atoms with Crippen LogP contribution in [0, 0.1) is 0 Å². The first-order chi connectivity index (χ1) is 15.6. The number of aromatic nitrogens is 1. The van der Waals surface area contributed by atoms with Crippen molar-refractivity contribution in [3.8, 4) is 0 Å². The number of hydrogen-bond donors (Lipinski definition) is 2. The molecule has 174 valence electrons. The van der Waals surface area contributed by atoms with Gasteiger partial charge < -0.3 is 19.9 Å². The highest BCUT2D eigenvalue weighted by molar-refractivity contribution is 7.18. The Kier molecular flexibility index (Phi) is 6.41. The number of carbonyl (C=O) groups excluding carboxylic acids is 2. The highest BCUT2D eigenvalue weighted by Crippen LogP contribution is 2.34. The van der Waals surface area contributed by atoms with Crippen LogP contribution < -0.4 is 10.6 Å². The van der Waals surface area contributed by atoms with E-state index in [1.165, 1.54) is 6.92 Å². The van der Waals surface area contributed by atoms with Gasteiger partial charge in [0.2, 0.25) is 0 Å². The van der Waals surface area contributed by atoms with Crippen LogP contribution in [-0.2, 0) is 33.7 Å². The molecule has 0 saturated carbocycles. The number of thiazole rings is 1. The molecule has 3 aromatic rings. The van der Waals surface area contributed by atoms with Gasteiger partial charge in [0.15, 0.2) is 5.60 Å². The summed E-state index contributed by atoms with van der Waals surface area (Å²) < 4.78 is 7.56. The van der Waals surface area contributed by atoms with E-state index in [0.29, 0.717) is 19.4 Å². The molecule has 0 bridgehead atoms. The van der Waals surface area contributed by atoms with Gasteiger partial charge in [0, 0.05) is 25.5 Å². The number of carbonyl (C=O) groups is 2. The summed E-state index contributed by atoms with van der Waals surface area (Å²) in [5, 5.41) is 7.23. The lowest BCUT2D eigenvalue weighted by molar-refractivity contribution is -0.868. The summed E-state index contributed by atoms with van der Waals surface area (Å²) in [6, 6.07) is 14.0. The lowest BCUT2D eigenvalue weighted by atomic mass is 9.98. The third-order valence-electron chi connectivity index (χ3n) is 5.77. The maximum absolute atomic E-state index is 13.2. The van der Waals surface area contributed by atoms with E-state index in [2.05, 4.69) is 43.9 Å². The highest BCUT2D eigenvalue weighted by Gasteiger charge is 2.46. The number of benzene rings is 2. The third-order valence-corrected chi connectivity index (χ3v) is 6.80. The van der Waals surface area contributed by atoms with Gasteiger partial charge in [0.25, 0.3) is 5.91 Å². The fraction of sp³-hybridized carbons (Fsp3) is 0.400. The number of ether oxygens (including phenoxy) is 1. The first kappa shape index (κ1) is 23.2. The van der Waals surface area contributed by atoms with Gasteiger partial charge in [0.05, 0.1) is 51.0 Å². The van der Waals surface area contributed by atoms with Gasteiger partial charge in [-0.25, -0.2) is 4.98 Å². The lowest BCUT2D eigenvalue weighted by Gasteiger charge is -2.27. The Morgan fingerprint density at radius 3 is 2.45 bits per heavy atom. The highest BCUT2D eigenvalue weighted by atomic mass is 32.1. The number of anilines is 1. The molecular formula is C25H31N4O3S+. The molecule has 1 aliphatic rings. The summed E-state index contributed by atoms with van der Waals surface area (Å²) in [5.74, 6) is -0.737. The number of nitrogens with zero attached hydrogens (tertiary/aromatic N) is 2. The molecule has 2 aromatic carbocycles. The Balaban J connectivity index is 1.42. The van der Waals surface area contributed by atoms with Gasteiger partial charge >= 0.3 is 5.97 Å². The van der Waals surface area contributed by atoms with Crippen molar-refractivity contribution in [1.29, 1.82) is 0 Å². The average molecular weight is 468 g/mol. The zero-order valence-corrected chi connectivity index (χ0v) is 20.4. The zero-order chi connectivity index (χ0) is 23.6. The first-order valence-electron chi connectivity index (χ1n) is 11.1. The summed E-state index contributed by atoms with van der Waals surface area (Å²) in [6.45, 7) is 3.53. The molecule has 2 N–H and O–H groups in total. The Hall–Kier alpha value is -2.97. The number of nitrogens with one attached hydrogen (secondary N) is 2. The van der Waals surface area contributed by atoms with Gasteiger partial charge in [-0.2, -0.15) is 0 Å². The number of likely N-dealkylation sites (N-methyl/N-ethyl adjacent to an activating group) is 1. The molecule has 1 aromatic heterocycles. The standard InChI is InChI=1S/C25H30N4O3S/c1-17(30)32-25(14-18-7-5-6-8-19(18)15-25)24(31)27-16-23-28-21-13-20(9-10-22(21)33-23)26-11-12-29(2,3)4/h5-10,13,26H,11-12,14-16H2,1-4H3/p+1. The van der Waals surface area contributed by atoms with Gasteiger partial charge in [-0.15, -0.1) is 11.3 Å². The molecule has 4 rings (SSSR count). The van der Waals surface area contributed by atoms with E-state index in [4.69, 9.17) is 9.72 Å². The molecule has 1 aliphatic carbocycles. The fourth-order valence-corrected chi connectivity index (χ4v) is 5.04. The van der Waals surface area contributed by atoms with Crippen molar-refractivity contribution in [1.82, 2.24) is 10.3 Å². The molecule has 0 fully saturated rings. The van der Waals surface area contributed by atoms with E-state index < -0.39 is 11.6 Å². The normalized spacial score (nSPS) is 14.7. The van der Waals surface area contributed by atoms with Crippen molar-refractivity contribution in [2.45, 2.75) is 31.9 Å². The van der Waals surface area contributed by atoms with E-state index in [9.17, 15) is 9.59 Å². The van der Waals surface area contributed by atoms with Crippen molar-refractivity contribution in [2.24, 2.45) is 0 Å². The van der Waals surface area contributed by atoms with Gasteiger partial charge in [0.1, 0.15) is 5.01 Å². The molecule has 33 heavy (non-hydrogen) atoms. The van der Waals surface area contributed by atoms with Crippen LogP contribution in [0.4, 0.5) is 5.69 Å². The topological polar surface area (TPSA) is 80.3 Å². The monoisotopic (exact) mass is 467 g/mol. The summed E-state index contributed by atoms with van der Waals surface area (Å²) >= 11 is 1.55. The zero-order valence-electron chi connectivity index (χ0n) is 19.6. The van der Waals surface area contributed by atoms with Crippen LogP contribution in [-0.4, -0.2) is 61.2 Å². The largest absolute Gasteiger partial charge is 0.448 e. The Labute approximate surface area is 198 Å². The maximum atomic E-state index is 13.2. The van der Waals surface area contributed by atoms with Crippen LogP contribution in [0.1, 0.15) is 23.1 Å². The van der Waals surface area contributed by atoms with E-state index in [1.807, 2.05) is 30.3 Å². The number of amides is 1. The SMILES string of the molecule is CC(=O)OC1(C(=O)NCc2nc3cc(NCC[N+](C)(C)C)ccc3s2)Cc2ccccc2C1. The molecule has 8 heteroatoms. The summed E-state index contributed by atoms with van der Waals surface area (Å²) in [5.41, 5.74) is 2.82. The minimum absolute atomic E-state index is 0.282. The number of fused-ring (bicyclic) bond motifs is 2. The Morgan fingerprint density at radius 2 is 1.82 bits per heavy atom. The van der Waals surface area contributed by atoms with Crippen LogP contribution >= 0.6 is 11.3 Å². The lowest BCUT2D eigenvalue weighted by Crippen LogP contribution is -2.50. The van der Waals surface area contributed by atoms with Crippen molar-refractivity contribution in [3.63, 3.8) is 0 Å². The quantitative estimate of drug-likeness (QED) is 0.393. The van der Waals surface area contributed by atoms with Crippen LogP contribution in [0.5, 0.6) is 0 Å². The van der Waals surface area contributed by atoms with Gasteiger partial charge in [-0.3, -0.25) is 9.59 Å². The van der Waals surface area contributed by atoms with E-state index in [-0.39, 0.29) is 5.91 Å². The molecule has 0 atom stereocenters. The smallest absolute Gasteiger partial charge is 0.303 e. The predicted molar refractivity (Wildman–Crippen MR) is 131 cm³/mol. The second-order valence-corrected chi connectivity index (χ2v) is 10.7. The molecule has 1 amide bonds. The van der Waals surface area contributed by atoms with E-state index in [1.54, 1.807) is 11.3 Å². The first-order valence-corrected chi connectivity index (χ1v) is 11.9. The van der Waals surface area contributed by atoms with E-state index >= 15 is 0 Å². The van der Waals surface area contributed by atoms with Crippen LogP contribution in [0.25, 0.3) is 10.2 Å². The Morgan fingerprint density at radius 1 is 1.12 bits per heavy atom. The average Bonchev–Trinajstić information content (AvgIpc) is 3.31. The Bertz CT molecular complexity index is 1160. The number of rotatable bonds is 8. The van der Waals surface area contributed by atoms with Gasteiger partial charge in [-0.1, -0.05) is 24.3 Å². The van der Waals surface area contributed by atoms with Crippen LogP contribution in [0.3, 0.4) is 0 Å². The second kappa shape index (κ2) is 9.11. The number of hydrogen-bond acceptors (Lipinski definition) is 6. The predicted octanol–water partition coefficient (Wildman–Crippen LogP) is 3.13. The summed E-state index contributed by atoms with van der Waals surface area (Å²) in [4.78, 5) is 29.7. The van der Waals surface area contributed by atoms with E-state index in [0.717, 1.165) is 49.6 Å². The summed E-state index contributed by atoms with van der Waals surface area (Å²) in [6.07, 6.45) is 0.771. The molecule has 7 nitrogen and oxygen atoms in total. The molecule has 1 heterocycles. The maximum Gasteiger partial charge on any atom is 0.303 e. The van der Waals surface area contributed by atoms with Crippen LogP contribution in [0.2, 0.25) is 0 Å². The van der Waals surface area contributed by atoms with Crippen LogP contribution in [0.15, 0.2) is 42.5 Å². The van der Waals surface area contributed by atoms with Crippen molar-refractivity contribution < 1.29 is 18.8 Å². The molecule has 0 unspecified atom stereocenters. The van der Waals surface area contributed by atoms with Crippen molar-refractivity contribution in [3.05, 3.63) is 58.6 Å². The molecule has 0 saturated heterocycles.